The zero-order valence-electron chi connectivity index (χ0n) is 8.66. The molecule has 1 aromatic rings. The molecule has 0 N–H and O–H groups in total. The van der Waals surface area contributed by atoms with Gasteiger partial charge in [-0.15, -0.1) is 0 Å². The van der Waals surface area contributed by atoms with E-state index in [4.69, 9.17) is 0 Å². The summed E-state index contributed by atoms with van der Waals surface area (Å²) in [6.07, 6.45) is 7.39. The monoisotopic (exact) mass is 184 g/mol. The van der Waals surface area contributed by atoms with Crippen LogP contribution in [0.1, 0.15) is 31.7 Å². The van der Waals surface area contributed by atoms with Gasteiger partial charge in [0.25, 0.3) is 0 Å². The molecule has 0 atom stereocenters. The summed E-state index contributed by atoms with van der Waals surface area (Å²) in [6.45, 7) is 2.18. The lowest BCUT2D eigenvalue weighted by Gasteiger charge is -1.87. The second-order valence-electron chi connectivity index (χ2n) is 3.17. The van der Waals surface area contributed by atoms with Gasteiger partial charge in [-0.1, -0.05) is 55.5 Å². The van der Waals surface area contributed by atoms with Gasteiger partial charge in [0.1, 0.15) is 0 Å². The van der Waals surface area contributed by atoms with Gasteiger partial charge in [-0.25, -0.2) is 0 Å². The maximum Gasteiger partial charge on any atom is 0.00921 e. The fourth-order valence-electron chi connectivity index (χ4n) is 1.10. The minimum Gasteiger partial charge on any atom is -0.0985 e. The minimum atomic E-state index is 1.01. The molecule has 1 aromatic carbocycles. The van der Waals surface area contributed by atoms with Crippen LogP contribution >= 0.6 is 0 Å². The molecular weight excluding hydrogens is 168 g/mol. The highest BCUT2D eigenvalue weighted by atomic mass is 13.8. The number of benzene rings is 1. The van der Waals surface area contributed by atoms with Crippen molar-refractivity contribution in [1.29, 1.82) is 0 Å². The highest BCUT2D eigenvalue weighted by Crippen LogP contribution is 2.00. The molecule has 0 aliphatic heterocycles. The van der Waals surface area contributed by atoms with E-state index in [2.05, 4.69) is 30.9 Å². The Bertz CT molecular complexity index is 322. The second kappa shape index (κ2) is 6.97. The molecule has 72 valence electrons. The summed E-state index contributed by atoms with van der Waals surface area (Å²) in [5.41, 5.74) is 1.21. The molecule has 0 unspecified atom stereocenters. The normalized spacial score (nSPS) is 9.79. The van der Waals surface area contributed by atoms with E-state index in [0.717, 1.165) is 6.42 Å². The topological polar surface area (TPSA) is 0 Å². The van der Waals surface area contributed by atoms with Crippen LogP contribution in [-0.4, -0.2) is 0 Å². The highest BCUT2D eigenvalue weighted by molar-refractivity contribution is 5.52. The molecule has 0 saturated carbocycles. The number of unbranched alkanes of at least 4 members (excludes halogenated alkanes) is 2. The summed E-state index contributed by atoms with van der Waals surface area (Å²) in [5, 5.41) is 0. The summed E-state index contributed by atoms with van der Waals surface area (Å²) >= 11 is 0. The van der Waals surface area contributed by atoms with Crippen molar-refractivity contribution in [1.82, 2.24) is 0 Å². The number of hydrogen-bond acceptors (Lipinski definition) is 0. The van der Waals surface area contributed by atoms with Gasteiger partial charge in [0.2, 0.25) is 0 Å². The number of allylic oxidation sites excluding steroid dienone is 1. The molecule has 0 heteroatoms. The van der Waals surface area contributed by atoms with Gasteiger partial charge < -0.3 is 0 Å². The van der Waals surface area contributed by atoms with Gasteiger partial charge >= 0.3 is 0 Å². The summed E-state index contributed by atoms with van der Waals surface area (Å²) in [4.78, 5) is 0. The van der Waals surface area contributed by atoms with Gasteiger partial charge in [0, 0.05) is 6.42 Å². The lowest BCUT2D eigenvalue weighted by Crippen LogP contribution is -1.68. The molecule has 0 amide bonds. The van der Waals surface area contributed by atoms with E-state index in [1.165, 1.54) is 18.4 Å². The SMILES string of the molecule is CCCCC#CC=Cc1ccccc1. The van der Waals surface area contributed by atoms with Gasteiger partial charge in [-0.3, -0.25) is 0 Å². The largest absolute Gasteiger partial charge is 0.0985 e. The fraction of sp³-hybridized carbons (Fsp3) is 0.286. The predicted molar refractivity (Wildman–Crippen MR) is 62.8 cm³/mol. The molecule has 0 fully saturated rings. The Morgan fingerprint density at radius 3 is 2.71 bits per heavy atom. The Labute approximate surface area is 86.7 Å². The van der Waals surface area contributed by atoms with Crippen molar-refractivity contribution in [2.45, 2.75) is 26.2 Å². The smallest absolute Gasteiger partial charge is 0.00921 e. The average Bonchev–Trinajstić information content (AvgIpc) is 2.25. The van der Waals surface area contributed by atoms with Crippen molar-refractivity contribution in [3.05, 3.63) is 42.0 Å². The number of rotatable bonds is 3. The Balaban J connectivity index is 2.36. The first-order valence-corrected chi connectivity index (χ1v) is 5.13. The standard InChI is InChI=1S/C14H16/c1-2-3-4-5-6-8-11-14-12-9-7-10-13-14/h7-13H,2-4H2,1H3. The Hall–Kier alpha value is -1.48. The average molecular weight is 184 g/mol. The third-order valence-corrected chi connectivity index (χ3v) is 1.92. The molecule has 14 heavy (non-hydrogen) atoms. The van der Waals surface area contributed by atoms with Crippen LogP contribution in [0.4, 0.5) is 0 Å². The first-order chi connectivity index (χ1) is 6.93. The van der Waals surface area contributed by atoms with Crippen molar-refractivity contribution in [3.8, 4) is 11.8 Å². The summed E-state index contributed by atoms with van der Waals surface area (Å²) in [5.74, 6) is 6.16. The number of hydrogen-bond donors (Lipinski definition) is 0. The van der Waals surface area contributed by atoms with Crippen LogP contribution in [0.25, 0.3) is 6.08 Å². The van der Waals surface area contributed by atoms with E-state index in [-0.39, 0.29) is 0 Å². The molecule has 0 radical (unpaired) electrons. The lowest BCUT2D eigenvalue weighted by atomic mass is 10.2. The van der Waals surface area contributed by atoms with E-state index in [0.29, 0.717) is 0 Å². The highest BCUT2D eigenvalue weighted by Gasteiger charge is 1.79. The predicted octanol–water partition coefficient (Wildman–Crippen LogP) is 3.89. The van der Waals surface area contributed by atoms with E-state index in [9.17, 15) is 0 Å². The second-order valence-corrected chi connectivity index (χ2v) is 3.17. The Kier molecular flexibility index (Phi) is 5.28. The zero-order valence-corrected chi connectivity index (χ0v) is 8.66. The first-order valence-electron chi connectivity index (χ1n) is 5.13. The quantitative estimate of drug-likeness (QED) is 0.494. The molecule has 0 heterocycles. The first kappa shape index (κ1) is 10.6. The molecular formula is C14H16. The van der Waals surface area contributed by atoms with Crippen LogP contribution in [0, 0.1) is 11.8 Å². The molecule has 0 bridgehead atoms. The van der Waals surface area contributed by atoms with E-state index in [1.807, 2.05) is 30.4 Å². The van der Waals surface area contributed by atoms with Crippen LogP contribution in [0.15, 0.2) is 36.4 Å². The van der Waals surface area contributed by atoms with Crippen LogP contribution in [-0.2, 0) is 0 Å². The van der Waals surface area contributed by atoms with E-state index < -0.39 is 0 Å². The minimum absolute atomic E-state index is 1.01. The van der Waals surface area contributed by atoms with Crippen molar-refractivity contribution in [2.24, 2.45) is 0 Å². The van der Waals surface area contributed by atoms with Crippen molar-refractivity contribution < 1.29 is 0 Å². The molecule has 0 aliphatic rings. The van der Waals surface area contributed by atoms with Gasteiger partial charge in [-0.2, -0.15) is 0 Å². The lowest BCUT2D eigenvalue weighted by molar-refractivity contribution is 0.828. The third-order valence-electron chi connectivity index (χ3n) is 1.92. The van der Waals surface area contributed by atoms with Crippen molar-refractivity contribution >= 4 is 6.08 Å². The van der Waals surface area contributed by atoms with Crippen LogP contribution in [0.2, 0.25) is 0 Å². The maximum atomic E-state index is 3.12. The maximum absolute atomic E-state index is 3.12. The summed E-state index contributed by atoms with van der Waals surface area (Å²) in [7, 11) is 0. The van der Waals surface area contributed by atoms with E-state index in [1.54, 1.807) is 0 Å². The van der Waals surface area contributed by atoms with Crippen LogP contribution in [0.3, 0.4) is 0 Å². The molecule has 0 saturated heterocycles. The fourth-order valence-corrected chi connectivity index (χ4v) is 1.10. The Morgan fingerprint density at radius 1 is 1.21 bits per heavy atom. The Morgan fingerprint density at radius 2 is 2.00 bits per heavy atom. The summed E-state index contributed by atoms with van der Waals surface area (Å²) < 4.78 is 0. The van der Waals surface area contributed by atoms with Gasteiger partial charge in [0.05, 0.1) is 0 Å². The van der Waals surface area contributed by atoms with Crippen LogP contribution in [0.5, 0.6) is 0 Å². The van der Waals surface area contributed by atoms with Crippen molar-refractivity contribution in [2.75, 3.05) is 0 Å². The summed E-state index contributed by atoms with van der Waals surface area (Å²) in [6, 6.07) is 10.2. The van der Waals surface area contributed by atoms with E-state index >= 15 is 0 Å². The molecule has 1 rings (SSSR count). The molecule has 0 aromatic heterocycles. The molecule has 0 aliphatic carbocycles. The molecule has 0 nitrogen and oxygen atoms in total. The molecule has 0 spiro atoms. The van der Waals surface area contributed by atoms with Gasteiger partial charge in [-0.05, 0) is 24.1 Å². The van der Waals surface area contributed by atoms with Crippen LogP contribution < -0.4 is 0 Å². The van der Waals surface area contributed by atoms with Crippen molar-refractivity contribution in [3.63, 3.8) is 0 Å². The third kappa shape index (κ3) is 4.52. The van der Waals surface area contributed by atoms with Gasteiger partial charge in [0.15, 0.2) is 0 Å². The zero-order chi connectivity index (χ0) is 10.1.